The average Bonchev–Trinajstić information content (AvgIpc) is 2.76. The largest absolute Gasteiger partial charge is 0.478 e. The van der Waals surface area contributed by atoms with Gasteiger partial charge in [-0.05, 0) is 37.4 Å². The Kier molecular flexibility index (Phi) is 3.10. The molecule has 1 aromatic carbocycles. The van der Waals surface area contributed by atoms with E-state index in [0.717, 1.165) is 25.9 Å². The predicted molar refractivity (Wildman–Crippen MR) is 72.1 cm³/mol. The Balaban J connectivity index is 1.80. The van der Waals surface area contributed by atoms with Crippen molar-refractivity contribution in [2.45, 2.75) is 18.4 Å². The predicted octanol–water partition coefficient (Wildman–Crippen LogP) is 1.46. The lowest BCUT2D eigenvalue weighted by Crippen LogP contribution is -2.44. The van der Waals surface area contributed by atoms with E-state index in [1.165, 1.54) is 12.1 Å². The fourth-order valence-electron chi connectivity index (χ4n) is 2.75. The molecule has 1 spiro atoms. The molecule has 0 aromatic heterocycles. The van der Waals surface area contributed by atoms with Crippen LogP contribution in [0.25, 0.3) is 0 Å². The van der Waals surface area contributed by atoms with Gasteiger partial charge in [-0.15, -0.1) is 0 Å². The van der Waals surface area contributed by atoms with Crippen LogP contribution in [0.2, 0.25) is 0 Å². The minimum Gasteiger partial charge on any atom is -0.478 e. The summed E-state index contributed by atoms with van der Waals surface area (Å²) in [6.07, 6.45) is 1.26. The molecule has 3 rings (SSSR count). The highest BCUT2D eigenvalue weighted by atomic mass is 16.6. The number of carbonyl (C=O) groups excluding carboxylic acids is 1. The summed E-state index contributed by atoms with van der Waals surface area (Å²) >= 11 is 0. The first-order chi connectivity index (χ1) is 9.60. The van der Waals surface area contributed by atoms with Crippen LogP contribution < -0.4 is 10.2 Å². The molecule has 6 nitrogen and oxygen atoms in total. The summed E-state index contributed by atoms with van der Waals surface area (Å²) in [5.41, 5.74) is 0.488. The van der Waals surface area contributed by atoms with Gasteiger partial charge in [-0.25, -0.2) is 9.59 Å². The van der Waals surface area contributed by atoms with E-state index in [9.17, 15) is 9.59 Å². The molecule has 0 saturated carbocycles. The maximum Gasteiger partial charge on any atom is 0.415 e. The lowest BCUT2D eigenvalue weighted by molar-refractivity contribution is 0.0316. The molecular formula is C14H16N2O4. The van der Waals surface area contributed by atoms with Gasteiger partial charge in [0.1, 0.15) is 5.60 Å². The topological polar surface area (TPSA) is 78.9 Å². The van der Waals surface area contributed by atoms with Crippen molar-refractivity contribution in [1.82, 2.24) is 5.32 Å². The first-order valence-corrected chi connectivity index (χ1v) is 6.64. The molecule has 2 aliphatic heterocycles. The second kappa shape index (κ2) is 4.79. The summed E-state index contributed by atoms with van der Waals surface area (Å²) in [7, 11) is 0. The SMILES string of the molecule is O=C(O)c1ccc(N2CC3(CCNCC3)OC2=O)cc1. The number of anilines is 1. The van der Waals surface area contributed by atoms with Crippen LogP contribution in [0.4, 0.5) is 10.5 Å². The Labute approximate surface area is 116 Å². The van der Waals surface area contributed by atoms with Crippen LogP contribution in [0.15, 0.2) is 24.3 Å². The number of hydrogen-bond acceptors (Lipinski definition) is 4. The van der Waals surface area contributed by atoms with Gasteiger partial charge in [-0.3, -0.25) is 4.90 Å². The first kappa shape index (κ1) is 12.9. The number of nitrogens with zero attached hydrogens (tertiary/aromatic N) is 1. The molecule has 20 heavy (non-hydrogen) atoms. The molecule has 2 heterocycles. The maximum atomic E-state index is 12.0. The zero-order valence-corrected chi connectivity index (χ0v) is 11.0. The number of carboxylic acid groups (broad SMARTS) is 1. The molecule has 106 valence electrons. The number of carboxylic acids is 1. The maximum absolute atomic E-state index is 12.0. The van der Waals surface area contributed by atoms with E-state index in [-0.39, 0.29) is 11.7 Å². The Morgan fingerprint density at radius 2 is 1.90 bits per heavy atom. The van der Waals surface area contributed by atoms with E-state index >= 15 is 0 Å². The fraction of sp³-hybridized carbons (Fsp3) is 0.429. The Bertz CT molecular complexity index is 535. The van der Waals surface area contributed by atoms with Crippen molar-refractivity contribution >= 4 is 17.7 Å². The molecule has 1 amide bonds. The van der Waals surface area contributed by atoms with Crippen molar-refractivity contribution in [2.24, 2.45) is 0 Å². The number of hydrogen-bond donors (Lipinski definition) is 2. The van der Waals surface area contributed by atoms with E-state index in [1.807, 2.05) is 0 Å². The summed E-state index contributed by atoms with van der Waals surface area (Å²) in [5, 5.41) is 12.1. The van der Waals surface area contributed by atoms with Crippen molar-refractivity contribution in [3.8, 4) is 0 Å². The summed E-state index contributed by atoms with van der Waals surface area (Å²) in [6, 6.07) is 6.28. The Morgan fingerprint density at radius 1 is 1.25 bits per heavy atom. The van der Waals surface area contributed by atoms with Crippen molar-refractivity contribution in [3.05, 3.63) is 29.8 Å². The van der Waals surface area contributed by atoms with Crippen molar-refractivity contribution in [3.63, 3.8) is 0 Å². The molecule has 0 atom stereocenters. The van der Waals surface area contributed by atoms with E-state index < -0.39 is 11.6 Å². The lowest BCUT2D eigenvalue weighted by Gasteiger charge is -2.31. The summed E-state index contributed by atoms with van der Waals surface area (Å²) in [6.45, 7) is 2.22. The van der Waals surface area contributed by atoms with Crippen LogP contribution in [0, 0.1) is 0 Å². The normalized spacial score (nSPS) is 21.0. The van der Waals surface area contributed by atoms with Crippen LogP contribution >= 0.6 is 0 Å². The molecule has 6 heteroatoms. The molecule has 2 aliphatic rings. The van der Waals surface area contributed by atoms with E-state index in [1.54, 1.807) is 17.0 Å². The number of benzene rings is 1. The third-order valence-electron chi connectivity index (χ3n) is 3.91. The summed E-state index contributed by atoms with van der Waals surface area (Å²) in [4.78, 5) is 24.4. The van der Waals surface area contributed by atoms with E-state index in [4.69, 9.17) is 9.84 Å². The molecule has 0 aliphatic carbocycles. The Morgan fingerprint density at radius 3 is 2.50 bits per heavy atom. The monoisotopic (exact) mass is 276 g/mol. The summed E-state index contributed by atoms with van der Waals surface area (Å²) < 4.78 is 5.57. The third-order valence-corrected chi connectivity index (χ3v) is 3.91. The van der Waals surface area contributed by atoms with Crippen LogP contribution in [0.3, 0.4) is 0 Å². The molecule has 2 saturated heterocycles. The number of carbonyl (C=O) groups is 2. The van der Waals surface area contributed by atoms with Gasteiger partial charge in [0.15, 0.2) is 0 Å². The van der Waals surface area contributed by atoms with Gasteiger partial charge < -0.3 is 15.2 Å². The number of ether oxygens (including phenoxy) is 1. The molecule has 2 fully saturated rings. The highest BCUT2D eigenvalue weighted by molar-refractivity contribution is 5.92. The second-order valence-corrected chi connectivity index (χ2v) is 5.24. The summed E-state index contributed by atoms with van der Waals surface area (Å²) in [5.74, 6) is -0.977. The molecule has 0 radical (unpaired) electrons. The molecular weight excluding hydrogens is 260 g/mol. The van der Waals surface area contributed by atoms with Gasteiger partial charge in [0.2, 0.25) is 0 Å². The van der Waals surface area contributed by atoms with Crippen LogP contribution in [0.1, 0.15) is 23.2 Å². The van der Waals surface area contributed by atoms with Crippen LogP contribution in [0.5, 0.6) is 0 Å². The molecule has 2 N–H and O–H groups in total. The van der Waals surface area contributed by atoms with Gasteiger partial charge in [-0.1, -0.05) is 0 Å². The first-order valence-electron chi connectivity index (χ1n) is 6.64. The van der Waals surface area contributed by atoms with E-state index in [0.29, 0.717) is 12.2 Å². The smallest absolute Gasteiger partial charge is 0.415 e. The number of amides is 1. The average molecular weight is 276 g/mol. The van der Waals surface area contributed by atoms with Gasteiger partial charge >= 0.3 is 12.1 Å². The van der Waals surface area contributed by atoms with Gasteiger partial charge in [-0.2, -0.15) is 0 Å². The molecule has 0 bridgehead atoms. The van der Waals surface area contributed by atoms with Crippen molar-refractivity contribution in [1.29, 1.82) is 0 Å². The van der Waals surface area contributed by atoms with E-state index in [2.05, 4.69) is 5.32 Å². The Hall–Kier alpha value is -2.08. The number of aromatic carboxylic acids is 1. The van der Waals surface area contributed by atoms with Crippen molar-refractivity contribution < 1.29 is 19.4 Å². The minimum absolute atomic E-state index is 0.206. The number of nitrogens with one attached hydrogen (secondary N) is 1. The van der Waals surface area contributed by atoms with Gasteiger partial charge in [0.25, 0.3) is 0 Å². The minimum atomic E-state index is -0.977. The van der Waals surface area contributed by atoms with Crippen molar-refractivity contribution in [2.75, 3.05) is 24.5 Å². The van der Waals surface area contributed by atoms with Gasteiger partial charge in [0.05, 0.1) is 12.1 Å². The zero-order valence-electron chi connectivity index (χ0n) is 11.0. The fourth-order valence-corrected chi connectivity index (χ4v) is 2.75. The highest BCUT2D eigenvalue weighted by Crippen LogP contribution is 2.34. The standard InChI is InChI=1S/C14H16N2O4/c17-12(18)10-1-3-11(4-2-10)16-9-14(20-13(16)19)5-7-15-8-6-14/h1-4,15H,5-9H2,(H,17,18). The number of piperidine rings is 1. The quantitative estimate of drug-likeness (QED) is 0.855. The third kappa shape index (κ3) is 2.22. The highest BCUT2D eigenvalue weighted by Gasteiger charge is 2.46. The second-order valence-electron chi connectivity index (χ2n) is 5.24. The molecule has 1 aromatic rings. The van der Waals surface area contributed by atoms with Crippen LogP contribution in [-0.2, 0) is 4.74 Å². The number of rotatable bonds is 2. The molecule has 0 unspecified atom stereocenters. The van der Waals surface area contributed by atoms with Crippen LogP contribution in [-0.4, -0.2) is 42.4 Å². The van der Waals surface area contributed by atoms with Gasteiger partial charge in [0, 0.05) is 18.5 Å². The lowest BCUT2D eigenvalue weighted by atomic mass is 9.92. The zero-order chi connectivity index (χ0) is 14.2.